The first-order chi connectivity index (χ1) is 13.1. The van der Waals surface area contributed by atoms with Gasteiger partial charge in [-0.25, -0.2) is 9.93 Å². The molecule has 1 saturated carbocycles. The molecule has 2 aromatic rings. The smallest absolute Gasteiger partial charge is 0.254 e. The Morgan fingerprint density at radius 3 is 2.89 bits per heavy atom. The Morgan fingerprint density at radius 1 is 1.30 bits per heavy atom. The molecule has 1 fully saturated rings. The maximum Gasteiger partial charge on any atom is 0.254 e. The number of benzene rings is 1. The van der Waals surface area contributed by atoms with Crippen LogP contribution in [0, 0.1) is 11.2 Å². The van der Waals surface area contributed by atoms with Gasteiger partial charge in [-0.05, 0) is 53.0 Å². The van der Waals surface area contributed by atoms with Crippen LogP contribution in [0.3, 0.4) is 0 Å². The van der Waals surface area contributed by atoms with Gasteiger partial charge in [-0.1, -0.05) is 0 Å². The van der Waals surface area contributed by atoms with Crippen LogP contribution in [0.25, 0.3) is 0 Å². The summed E-state index contributed by atoms with van der Waals surface area (Å²) in [6, 6.07) is 6.09. The first-order valence-electron chi connectivity index (χ1n) is 8.62. The molecule has 2 N–H and O–H groups in total. The molecule has 1 aliphatic carbocycles. The van der Waals surface area contributed by atoms with Crippen LogP contribution in [0.5, 0.6) is 11.6 Å². The zero-order valence-corrected chi connectivity index (χ0v) is 16.3. The Bertz CT molecular complexity index is 855. The molecule has 10 heteroatoms. The highest BCUT2D eigenvalue weighted by Gasteiger charge is 2.45. The van der Waals surface area contributed by atoms with E-state index in [9.17, 15) is 4.39 Å². The van der Waals surface area contributed by atoms with Gasteiger partial charge >= 0.3 is 0 Å². The van der Waals surface area contributed by atoms with Crippen molar-refractivity contribution in [3.8, 4) is 11.6 Å². The van der Waals surface area contributed by atoms with Gasteiger partial charge in [0.15, 0.2) is 0 Å². The van der Waals surface area contributed by atoms with Gasteiger partial charge in [-0.15, -0.1) is 10.6 Å². The molecule has 8 nitrogen and oxygen atoms in total. The van der Waals surface area contributed by atoms with Crippen LogP contribution in [0.4, 0.5) is 4.39 Å². The third kappa shape index (κ3) is 4.01. The number of hydrazone groups is 1. The van der Waals surface area contributed by atoms with E-state index in [0.29, 0.717) is 43.0 Å². The second-order valence-electron chi connectivity index (χ2n) is 6.58. The first kappa shape index (κ1) is 18.1. The standard InChI is InChI=1S/C17H19BrFN5O3/c1-2-24-16(20-22-23-24)14-8-15(21-27-14)26-10-17(5-6-17)9-25-13-7-11(19)3-4-12(13)18/h3-4,7-8,22-23H,2,5-6,9-10H2,1H3. The van der Waals surface area contributed by atoms with Gasteiger partial charge < -0.3 is 14.0 Å². The molecule has 2 heterocycles. The zero-order valence-electron chi connectivity index (χ0n) is 14.7. The Balaban J connectivity index is 1.33. The quantitative estimate of drug-likeness (QED) is 0.653. The topological polar surface area (TPSA) is 84.2 Å². The number of ether oxygens (including phenoxy) is 2. The molecule has 1 aromatic carbocycles. The molecule has 0 saturated heterocycles. The van der Waals surface area contributed by atoms with Crippen LogP contribution in [0.2, 0.25) is 0 Å². The average molecular weight is 440 g/mol. The molecule has 0 radical (unpaired) electrons. The first-order valence-corrected chi connectivity index (χ1v) is 9.41. The summed E-state index contributed by atoms with van der Waals surface area (Å²) in [6.45, 7) is 3.59. The number of aromatic nitrogens is 1. The molecular formula is C17H19BrFN5O3. The van der Waals surface area contributed by atoms with Crippen molar-refractivity contribution >= 4 is 21.8 Å². The van der Waals surface area contributed by atoms with Gasteiger partial charge in [0.2, 0.25) is 11.6 Å². The molecule has 0 amide bonds. The van der Waals surface area contributed by atoms with E-state index in [0.717, 1.165) is 17.3 Å². The summed E-state index contributed by atoms with van der Waals surface area (Å²) >= 11 is 3.37. The van der Waals surface area contributed by atoms with E-state index in [1.807, 2.05) is 6.92 Å². The van der Waals surface area contributed by atoms with Crippen molar-refractivity contribution in [3.63, 3.8) is 0 Å². The van der Waals surface area contributed by atoms with E-state index in [1.165, 1.54) is 12.1 Å². The normalized spacial score (nSPS) is 17.4. The van der Waals surface area contributed by atoms with Crippen molar-refractivity contribution in [2.24, 2.45) is 10.5 Å². The second-order valence-corrected chi connectivity index (χ2v) is 7.44. The predicted octanol–water partition coefficient (Wildman–Crippen LogP) is 2.82. The summed E-state index contributed by atoms with van der Waals surface area (Å²) in [5, 5.41) is 9.84. The van der Waals surface area contributed by atoms with Gasteiger partial charge in [0.05, 0.1) is 23.8 Å². The van der Waals surface area contributed by atoms with E-state index in [1.54, 1.807) is 17.1 Å². The van der Waals surface area contributed by atoms with Crippen molar-refractivity contribution in [2.75, 3.05) is 19.8 Å². The van der Waals surface area contributed by atoms with Crippen LogP contribution < -0.4 is 20.5 Å². The molecular weight excluding hydrogens is 421 g/mol. The van der Waals surface area contributed by atoms with Crippen LogP contribution >= 0.6 is 15.9 Å². The lowest BCUT2D eigenvalue weighted by atomic mass is 10.1. The number of rotatable bonds is 8. The maximum atomic E-state index is 13.4. The highest BCUT2D eigenvalue weighted by atomic mass is 79.9. The lowest BCUT2D eigenvalue weighted by Gasteiger charge is -2.16. The molecule has 2 aliphatic rings. The largest absolute Gasteiger partial charge is 0.492 e. The Labute approximate surface area is 163 Å². The Morgan fingerprint density at radius 2 is 2.11 bits per heavy atom. The number of hydrazine groups is 2. The minimum absolute atomic E-state index is 0.0890. The van der Waals surface area contributed by atoms with Crippen molar-refractivity contribution in [3.05, 3.63) is 40.3 Å². The van der Waals surface area contributed by atoms with Gasteiger partial charge in [0, 0.05) is 18.0 Å². The van der Waals surface area contributed by atoms with Crippen LogP contribution in [0.15, 0.2) is 38.4 Å². The maximum absolute atomic E-state index is 13.4. The third-order valence-corrected chi connectivity index (χ3v) is 5.19. The molecule has 27 heavy (non-hydrogen) atoms. The highest BCUT2D eigenvalue weighted by Crippen LogP contribution is 2.46. The van der Waals surface area contributed by atoms with E-state index >= 15 is 0 Å². The monoisotopic (exact) mass is 439 g/mol. The fraction of sp³-hybridized carbons (Fsp3) is 0.412. The van der Waals surface area contributed by atoms with Crippen molar-refractivity contribution in [1.29, 1.82) is 0 Å². The summed E-state index contributed by atoms with van der Waals surface area (Å²) in [6.07, 6.45) is 1.96. The zero-order chi connectivity index (χ0) is 18.9. The molecule has 144 valence electrons. The summed E-state index contributed by atoms with van der Waals surface area (Å²) in [5.74, 6) is 1.68. The third-order valence-electron chi connectivity index (χ3n) is 4.54. The number of nitrogens with one attached hydrogen (secondary N) is 2. The highest BCUT2D eigenvalue weighted by molar-refractivity contribution is 9.10. The van der Waals surface area contributed by atoms with Crippen molar-refractivity contribution < 1.29 is 18.4 Å². The Hall–Kier alpha value is -2.33. The van der Waals surface area contributed by atoms with Crippen molar-refractivity contribution in [1.82, 2.24) is 21.2 Å². The second kappa shape index (κ2) is 7.35. The summed E-state index contributed by atoms with van der Waals surface area (Å²) in [7, 11) is 0. The van der Waals surface area contributed by atoms with E-state index < -0.39 is 0 Å². The van der Waals surface area contributed by atoms with E-state index in [-0.39, 0.29) is 11.2 Å². The van der Waals surface area contributed by atoms with Gasteiger partial charge in [-0.3, -0.25) is 5.01 Å². The lowest BCUT2D eigenvalue weighted by molar-refractivity contribution is 0.152. The molecule has 1 aromatic heterocycles. The molecule has 0 bridgehead atoms. The number of hydrogen-bond acceptors (Lipinski definition) is 8. The summed E-state index contributed by atoms with van der Waals surface area (Å²) in [4.78, 5) is 0. The predicted molar refractivity (Wildman–Crippen MR) is 98.4 cm³/mol. The number of nitrogens with zero attached hydrogens (tertiary/aromatic N) is 3. The number of amidine groups is 1. The van der Waals surface area contributed by atoms with Crippen molar-refractivity contribution in [2.45, 2.75) is 19.8 Å². The molecule has 0 atom stereocenters. The Kier molecular flexibility index (Phi) is 4.92. The number of halogens is 2. The minimum atomic E-state index is -0.329. The van der Waals surface area contributed by atoms with Crippen LogP contribution in [-0.2, 0) is 0 Å². The fourth-order valence-electron chi connectivity index (χ4n) is 2.65. The SMILES string of the molecule is CCN1NNN=C1c1cc(OCC2(COc3cc(F)ccc3Br)CC2)no1. The van der Waals surface area contributed by atoms with Crippen LogP contribution in [-0.4, -0.2) is 35.8 Å². The summed E-state index contributed by atoms with van der Waals surface area (Å²) in [5.41, 5.74) is 5.46. The van der Waals surface area contributed by atoms with Gasteiger partial charge in [0.25, 0.3) is 5.88 Å². The minimum Gasteiger partial charge on any atom is -0.492 e. The molecule has 0 spiro atoms. The average Bonchev–Trinajstić information content (AvgIpc) is 3.08. The molecule has 4 rings (SSSR count). The van der Waals surface area contributed by atoms with E-state index in [4.69, 9.17) is 14.0 Å². The molecule has 0 unspecified atom stereocenters. The van der Waals surface area contributed by atoms with Crippen LogP contribution in [0.1, 0.15) is 25.5 Å². The van der Waals surface area contributed by atoms with Gasteiger partial charge in [0.1, 0.15) is 11.6 Å². The number of hydrogen-bond donors (Lipinski definition) is 2. The lowest BCUT2D eigenvalue weighted by Crippen LogP contribution is -2.40. The van der Waals surface area contributed by atoms with E-state index in [2.05, 4.69) is 37.3 Å². The molecule has 1 aliphatic heterocycles. The van der Waals surface area contributed by atoms with Gasteiger partial charge in [-0.2, -0.15) is 0 Å². The summed E-state index contributed by atoms with van der Waals surface area (Å²) < 4.78 is 31.0. The fourth-order valence-corrected chi connectivity index (χ4v) is 3.01.